The molecule has 1 aromatic heterocycles. The van der Waals surface area contributed by atoms with E-state index in [4.69, 9.17) is 16.3 Å². The maximum absolute atomic E-state index is 12.7. The van der Waals surface area contributed by atoms with E-state index in [0.717, 1.165) is 12.8 Å². The second kappa shape index (κ2) is 7.66. The molecule has 1 aromatic carbocycles. The lowest BCUT2D eigenvalue weighted by atomic mass is 10.2. The predicted octanol–water partition coefficient (Wildman–Crippen LogP) is 1.38. The standard InChI is InChI=1S/C18H20ClN5O3/c19-13-4-1-2-5-15(13)24-12-14(20-21-24)17(25)22-7-9-23(10-8-22)18(26)16-6-3-11-27-16/h1-2,4-5,12,16H,3,6-11H2. The molecular formula is C18H20ClN5O3. The van der Waals surface area contributed by atoms with E-state index in [2.05, 4.69) is 10.3 Å². The van der Waals surface area contributed by atoms with Crippen molar-refractivity contribution >= 4 is 23.4 Å². The molecule has 0 spiro atoms. The van der Waals surface area contributed by atoms with Gasteiger partial charge in [0.2, 0.25) is 0 Å². The Morgan fingerprint density at radius 3 is 2.56 bits per heavy atom. The third-order valence-corrected chi connectivity index (χ3v) is 5.22. The van der Waals surface area contributed by atoms with E-state index in [-0.39, 0.29) is 23.6 Å². The molecule has 4 rings (SSSR count). The van der Waals surface area contributed by atoms with E-state index in [9.17, 15) is 9.59 Å². The molecule has 1 unspecified atom stereocenters. The summed E-state index contributed by atoms with van der Waals surface area (Å²) in [5.41, 5.74) is 0.923. The molecule has 2 saturated heterocycles. The molecule has 8 nitrogen and oxygen atoms in total. The molecule has 0 bridgehead atoms. The van der Waals surface area contributed by atoms with Crippen molar-refractivity contribution in [2.75, 3.05) is 32.8 Å². The maximum atomic E-state index is 12.7. The molecule has 0 radical (unpaired) electrons. The van der Waals surface area contributed by atoms with E-state index in [1.807, 2.05) is 12.1 Å². The Labute approximate surface area is 161 Å². The Morgan fingerprint density at radius 1 is 1.11 bits per heavy atom. The second-order valence-corrected chi connectivity index (χ2v) is 7.03. The van der Waals surface area contributed by atoms with E-state index < -0.39 is 0 Å². The van der Waals surface area contributed by atoms with Gasteiger partial charge in [0, 0.05) is 32.8 Å². The molecule has 142 valence electrons. The number of halogens is 1. The monoisotopic (exact) mass is 389 g/mol. The lowest BCUT2D eigenvalue weighted by molar-refractivity contribution is -0.142. The van der Waals surface area contributed by atoms with Crippen molar-refractivity contribution in [2.45, 2.75) is 18.9 Å². The summed E-state index contributed by atoms with van der Waals surface area (Å²) in [6, 6.07) is 7.23. The van der Waals surface area contributed by atoms with Crippen LogP contribution in [0.3, 0.4) is 0 Å². The van der Waals surface area contributed by atoms with Crippen LogP contribution in [0, 0.1) is 0 Å². The molecule has 9 heteroatoms. The number of ether oxygens (including phenoxy) is 1. The highest BCUT2D eigenvalue weighted by molar-refractivity contribution is 6.32. The predicted molar refractivity (Wildman–Crippen MR) is 97.8 cm³/mol. The van der Waals surface area contributed by atoms with Gasteiger partial charge < -0.3 is 14.5 Å². The fourth-order valence-electron chi connectivity index (χ4n) is 3.39. The summed E-state index contributed by atoms with van der Waals surface area (Å²) in [7, 11) is 0. The minimum atomic E-state index is -0.317. The van der Waals surface area contributed by atoms with Crippen molar-refractivity contribution in [3.8, 4) is 5.69 Å². The number of amides is 2. The number of hydrogen-bond donors (Lipinski definition) is 0. The smallest absolute Gasteiger partial charge is 0.276 e. The van der Waals surface area contributed by atoms with E-state index in [1.165, 1.54) is 4.68 Å². The summed E-state index contributed by atoms with van der Waals surface area (Å²) < 4.78 is 6.96. The average Bonchev–Trinajstić information content (AvgIpc) is 3.39. The van der Waals surface area contributed by atoms with Gasteiger partial charge in [-0.25, -0.2) is 4.68 Å². The number of benzene rings is 1. The molecule has 3 heterocycles. The third kappa shape index (κ3) is 3.68. The first kappa shape index (κ1) is 17.9. The Balaban J connectivity index is 1.38. The largest absolute Gasteiger partial charge is 0.368 e. The molecule has 2 aliphatic heterocycles. The lowest BCUT2D eigenvalue weighted by Gasteiger charge is -2.35. The van der Waals surface area contributed by atoms with Crippen LogP contribution in [0.15, 0.2) is 30.5 Å². The molecule has 27 heavy (non-hydrogen) atoms. The van der Waals surface area contributed by atoms with Crippen LogP contribution in [0.5, 0.6) is 0 Å². The summed E-state index contributed by atoms with van der Waals surface area (Å²) in [6.45, 7) is 2.59. The van der Waals surface area contributed by atoms with Crippen LogP contribution in [0.25, 0.3) is 5.69 Å². The first-order valence-electron chi connectivity index (χ1n) is 9.00. The van der Waals surface area contributed by atoms with Gasteiger partial charge in [0.05, 0.1) is 16.9 Å². The number of carbonyl (C=O) groups excluding carboxylic acids is 2. The summed E-state index contributed by atoms with van der Waals surface area (Å²) in [5, 5.41) is 8.53. The highest BCUT2D eigenvalue weighted by Crippen LogP contribution is 2.20. The summed E-state index contributed by atoms with van der Waals surface area (Å²) in [5.74, 6) is -0.165. The zero-order chi connectivity index (χ0) is 18.8. The van der Waals surface area contributed by atoms with Crippen LogP contribution >= 0.6 is 11.6 Å². The first-order chi connectivity index (χ1) is 13.1. The number of para-hydroxylation sites is 1. The van der Waals surface area contributed by atoms with Crippen LogP contribution in [-0.4, -0.2) is 75.5 Å². The zero-order valence-electron chi connectivity index (χ0n) is 14.8. The van der Waals surface area contributed by atoms with E-state index >= 15 is 0 Å². The van der Waals surface area contributed by atoms with Crippen LogP contribution in [-0.2, 0) is 9.53 Å². The SMILES string of the molecule is O=C(c1cn(-c2ccccc2Cl)nn1)N1CCN(C(=O)C2CCCO2)CC1. The van der Waals surface area contributed by atoms with Gasteiger partial charge in [0.1, 0.15) is 6.10 Å². The quantitative estimate of drug-likeness (QED) is 0.792. The molecular weight excluding hydrogens is 370 g/mol. The van der Waals surface area contributed by atoms with E-state index in [0.29, 0.717) is 43.5 Å². The zero-order valence-corrected chi connectivity index (χ0v) is 15.5. The average molecular weight is 390 g/mol. The van der Waals surface area contributed by atoms with Crippen molar-refractivity contribution in [3.05, 3.63) is 41.2 Å². The number of aromatic nitrogens is 3. The fourth-order valence-corrected chi connectivity index (χ4v) is 3.61. The van der Waals surface area contributed by atoms with Crippen molar-refractivity contribution in [1.82, 2.24) is 24.8 Å². The lowest BCUT2D eigenvalue weighted by Crippen LogP contribution is -2.52. The van der Waals surface area contributed by atoms with Crippen LogP contribution in [0.4, 0.5) is 0 Å². The van der Waals surface area contributed by atoms with Gasteiger partial charge in [0.25, 0.3) is 11.8 Å². The van der Waals surface area contributed by atoms with Gasteiger partial charge in [-0.15, -0.1) is 5.10 Å². The Bertz CT molecular complexity index is 841. The van der Waals surface area contributed by atoms with E-state index in [1.54, 1.807) is 28.1 Å². The Hall–Kier alpha value is -2.45. The van der Waals surface area contributed by atoms with Crippen LogP contribution in [0.1, 0.15) is 23.3 Å². The Kier molecular flexibility index (Phi) is 5.09. The van der Waals surface area contributed by atoms with Crippen LogP contribution in [0.2, 0.25) is 5.02 Å². The molecule has 2 amide bonds. The topological polar surface area (TPSA) is 80.6 Å². The first-order valence-corrected chi connectivity index (χ1v) is 9.38. The molecule has 0 aliphatic carbocycles. The molecule has 0 saturated carbocycles. The number of nitrogens with zero attached hydrogens (tertiary/aromatic N) is 5. The van der Waals surface area contributed by atoms with Crippen LogP contribution < -0.4 is 0 Å². The second-order valence-electron chi connectivity index (χ2n) is 6.62. The number of hydrogen-bond acceptors (Lipinski definition) is 5. The summed E-state index contributed by atoms with van der Waals surface area (Å²) in [6.07, 6.45) is 2.97. The molecule has 0 N–H and O–H groups in total. The molecule has 2 fully saturated rings. The number of piperazine rings is 1. The van der Waals surface area contributed by atoms with Crippen molar-refractivity contribution < 1.29 is 14.3 Å². The normalized spacial score (nSPS) is 20.1. The molecule has 2 aliphatic rings. The van der Waals surface area contributed by atoms with Gasteiger partial charge >= 0.3 is 0 Å². The highest BCUT2D eigenvalue weighted by Gasteiger charge is 2.32. The van der Waals surface area contributed by atoms with Crippen molar-refractivity contribution in [3.63, 3.8) is 0 Å². The summed E-state index contributed by atoms with van der Waals surface area (Å²) >= 11 is 6.16. The maximum Gasteiger partial charge on any atom is 0.276 e. The molecule has 1 atom stereocenters. The number of carbonyl (C=O) groups is 2. The van der Waals surface area contributed by atoms with Gasteiger partial charge in [-0.2, -0.15) is 0 Å². The minimum absolute atomic E-state index is 0.0317. The van der Waals surface area contributed by atoms with Gasteiger partial charge in [-0.1, -0.05) is 28.9 Å². The van der Waals surface area contributed by atoms with Gasteiger partial charge in [-0.05, 0) is 25.0 Å². The molecule has 2 aromatic rings. The van der Waals surface area contributed by atoms with Gasteiger partial charge in [-0.3, -0.25) is 9.59 Å². The number of rotatable bonds is 3. The minimum Gasteiger partial charge on any atom is -0.368 e. The van der Waals surface area contributed by atoms with Gasteiger partial charge in [0.15, 0.2) is 5.69 Å². The Morgan fingerprint density at radius 2 is 1.85 bits per heavy atom. The third-order valence-electron chi connectivity index (χ3n) is 4.90. The summed E-state index contributed by atoms with van der Waals surface area (Å²) in [4.78, 5) is 28.6. The highest BCUT2D eigenvalue weighted by atomic mass is 35.5. The van der Waals surface area contributed by atoms with Crippen molar-refractivity contribution in [2.24, 2.45) is 0 Å². The van der Waals surface area contributed by atoms with Crippen molar-refractivity contribution in [1.29, 1.82) is 0 Å². The fraction of sp³-hybridized carbons (Fsp3) is 0.444.